The van der Waals surface area contributed by atoms with E-state index in [0.717, 1.165) is 6.54 Å². The molecular weight excluding hydrogens is 265 g/mol. The van der Waals surface area contributed by atoms with E-state index >= 15 is 0 Å². The first-order chi connectivity index (χ1) is 9.25. The van der Waals surface area contributed by atoms with Gasteiger partial charge in [0.15, 0.2) is 0 Å². The van der Waals surface area contributed by atoms with Gasteiger partial charge in [-0.15, -0.1) is 0 Å². The summed E-state index contributed by atoms with van der Waals surface area (Å²) in [5.74, 6) is 0.143. The van der Waals surface area contributed by atoms with Gasteiger partial charge in [-0.1, -0.05) is 41.9 Å². The minimum atomic E-state index is -0.434. The third-order valence-electron chi connectivity index (χ3n) is 2.61. The van der Waals surface area contributed by atoms with Crippen LogP contribution in [-0.4, -0.2) is 13.2 Å². The molecule has 0 aromatic heterocycles. The normalized spacial score (nSPS) is 10.4. The summed E-state index contributed by atoms with van der Waals surface area (Å²) in [5, 5.41) is 3.34. The molecule has 0 fully saturated rings. The summed E-state index contributed by atoms with van der Waals surface area (Å²) in [6.45, 7) is 2.02. The van der Waals surface area contributed by atoms with Crippen molar-refractivity contribution in [2.45, 2.75) is 6.54 Å². The summed E-state index contributed by atoms with van der Waals surface area (Å²) < 4.78 is 18.4. The minimum Gasteiger partial charge on any atom is -0.492 e. The highest BCUT2D eigenvalue weighted by Gasteiger charge is 2.01. The van der Waals surface area contributed by atoms with Gasteiger partial charge in [-0.05, 0) is 17.7 Å². The SMILES string of the molecule is Fc1ccc(OCCNCc2ccccc2)cc1Cl. The zero-order valence-electron chi connectivity index (χ0n) is 10.4. The Morgan fingerprint density at radius 3 is 2.63 bits per heavy atom. The van der Waals surface area contributed by atoms with Gasteiger partial charge in [0.25, 0.3) is 0 Å². The van der Waals surface area contributed by atoms with Gasteiger partial charge in [0, 0.05) is 19.2 Å². The number of hydrogen-bond acceptors (Lipinski definition) is 2. The zero-order valence-corrected chi connectivity index (χ0v) is 11.2. The number of hydrogen-bond donors (Lipinski definition) is 1. The molecule has 1 N–H and O–H groups in total. The maximum absolute atomic E-state index is 12.9. The molecule has 100 valence electrons. The summed E-state index contributed by atoms with van der Waals surface area (Å²) in [6, 6.07) is 14.5. The van der Waals surface area contributed by atoms with Gasteiger partial charge in [-0.3, -0.25) is 0 Å². The van der Waals surface area contributed by atoms with E-state index in [0.29, 0.717) is 18.9 Å². The largest absolute Gasteiger partial charge is 0.492 e. The minimum absolute atomic E-state index is 0.0785. The highest BCUT2D eigenvalue weighted by atomic mass is 35.5. The molecule has 0 saturated carbocycles. The molecule has 19 heavy (non-hydrogen) atoms. The van der Waals surface area contributed by atoms with Crippen molar-refractivity contribution in [2.24, 2.45) is 0 Å². The van der Waals surface area contributed by atoms with Crippen LogP contribution in [0, 0.1) is 5.82 Å². The van der Waals surface area contributed by atoms with E-state index in [2.05, 4.69) is 17.4 Å². The van der Waals surface area contributed by atoms with Gasteiger partial charge in [-0.25, -0.2) is 4.39 Å². The fraction of sp³-hybridized carbons (Fsp3) is 0.200. The van der Waals surface area contributed by atoms with Crippen molar-refractivity contribution in [1.82, 2.24) is 5.32 Å². The second-order valence-electron chi connectivity index (χ2n) is 4.09. The van der Waals surface area contributed by atoms with Crippen molar-refractivity contribution in [2.75, 3.05) is 13.2 Å². The first-order valence-corrected chi connectivity index (χ1v) is 6.46. The van der Waals surface area contributed by atoms with Crippen LogP contribution in [0.1, 0.15) is 5.56 Å². The molecule has 0 saturated heterocycles. The number of benzene rings is 2. The Kier molecular flexibility index (Phi) is 5.19. The second kappa shape index (κ2) is 7.12. The van der Waals surface area contributed by atoms with Crippen LogP contribution < -0.4 is 10.1 Å². The van der Waals surface area contributed by atoms with Crippen LogP contribution in [0.5, 0.6) is 5.75 Å². The van der Waals surface area contributed by atoms with E-state index in [1.54, 1.807) is 6.07 Å². The van der Waals surface area contributed by atoms with E-state index in [4.69, 9.17) is 16.3 Å². The van der Waals surface area contributed by atoms with Crippen molar-refractivity contribution in [3.05, 3.63) is 64.9 Å². The third kappa shape index (κ3) is 4.54. The molecule has 0 unspecified atom stereocenters. The molecule has 2 rings (SSSR count). The van der Waals surface area contributed by atoms with Crippen molar-refractivity contribution < 1.29 is 9.13 Å². The Balaban J connectivity index is 1.68. The smallest absolute Gasteiger partial charge is 0.142 e. The zero-order chi connectivity index (χ0) is 13.5. The van der Waals surface area contributed by atoms with Crippen molar-refractivity contribution in [3.63, 3.8) is 0 Å². The van der Waals surface area contributed by atoms with Crippen LogP contribution in [-0.2, 0) is 6.54 Å². The van der Waals surface area contributed by atoms with Gasteiger partial charge in [0.1, 0.15) is 18.2 Å². The third-order valence-corrected chi connectivity index (χ3v) is 2.90. The Hall–Kier alpha value is -1.58. The summed E-state index contributed by atoms with van der Waals surface area (Å²) >= 11 is 5.66. The quantitative estimate of drug-likeness (QED) is 0.815. The molecule has 0 aliphatic carbocycles. The van der Waals surface area contributed by atoms with Crippen LogP contribution >= 0.6 is 11.6 Å². The predicted molar refractivity (Wildman–Crippen MR) is 75.1 cm³/mol. The first kappa shape index (κ1) is 13.8. The molecule has 0 heterocycles. The maximum Gasteiger partial charge on any atom is 0.142 e. The Morgan fingerprint density at radius 2 is 1.89 bits per heavy atom. The average molecular weight is 280 g/mol. The number of rotatable bonds is 6. The monoisotopic (exact) mass is 279 g/mol. The molecule has 2 aromatic rings. The van der Waals surface area contributed by atoms with E-state index in [1.807, 2.05) is 18.2 Å². The Labute approximate surface area is 117 Å². The lowest BCUT2D eigenvalue weighted by Gasteiger charge is -2.08. The van der Waals surface area contributed by atoms with Gasteiger partial charge in [0.2, 0.25) is 0 Å². The fourth-order valence-electron chi connectivity index (χ4n) is 1.64. The lowest BCUT2D eigenvalue weighted by molar-refractivity contribution is 0.313. The van der Waals surface area contributed by atoms with E-state index in [1.165, 1.54) is 17.7 Å². The summed E-state index contributed by atoms with van der Waals surface area (Å²) in [6.07, 6.45) is 0. The van der Waals surface area contributed by atoms with E-state index in [9.17, 15) is 4.39 Å². The lowest BCUT2D eigenvalue weighted by Crippen LogP contribution is -2.20. The van der Waals surface area contributed by atoms with Gasteiger partial charge < -0.3 is 10.1 Å². The summed E-state index contributed by atoms with van der Waals surface area (Å²) in [5.41, 5.74) is 1.23. The van der Waals surface area contributed by atoms with Crippen LogP contribution in [0.4, 0.5) is 4.39 Å². The molecule has 0 radical (unpaired) electrons. The van der Waals surface area contributed by atoms with E-state index < -0.39 is 5.82 Å². The highest BCUT2D eigenvalue weighted by molar-refractivity contribution is 6.30. The predicted octanol–water partition coefficient (Wildman–Crippen LogP) is 3.65. The van der Waals surface area contributed by atoms with Crippen molar-refractivity contribution in [1.29, 1.82) is 0 Å². The number of ether oxygens (including phenoxy) is 1. The van der Waals surface area contributed by atoms with Crippen LogP contribution in [0.2, 0.25) is 5.02 Å². The second-order valence-corrected chi connectivity index (χ2v) is 4.49. The summed E-state index contributed by atoms with van der Waals surface area (Å²) in [7, 11) is 0. The topological polar surface area (TPSA) is 21.3 Å². The van der Waals surface area contributed by atoms with Crippen LogP contribution in [0.15, 0.2) is 48.5 Å². The Bertz CT molecular complexity index is 519. The highest BCUT2D eigenvalue weighted by Crippen LogP contribution is 2.20. The number of halogens is 2. The fourth-order valence-corrected chi connectivity index (χ4v) is 1.81. The average Bonchev–Trinajstić information content (AvgIpc) is 2.43. The lowest BCUT2D eigenvalue weighted by atomic mass is 10.2. The molecular formula is C15H15ClFNO. The van der Waals surface area contributed by atoms with Gasteiger partial charge in [0.05, 0.1) is 5.02 Å². The molecule has 2 nitrogen and oxygen atoms in total. The molecule has 2 aromatic carbocycles. The Morgan fingerprint density at radius 1 is 1.11 bits per heavy atom. The maximum atomic E-state index is 12.9. The molecule has 0 spiro atoms. The van der Waals surface area contributed by atoms with Gasteiger partial charge >= 0.3 is 0 Å². The van der Waals surface area contributed by atoms with Crippen molar-refractivity contribution >= 4 is 11.6 Å². The standard InChI is InChI=1S/C15H15ClFNO/c16-14-10-13(6-7-15(14)17)19-9-8-18-11-12-4-2-1-3-5-12/h1-7,10,18H,8-9,11H2. The summed E-state index contributed by atoms with van der Waals surface area (Å²) in [4.78, 5) is 0. The van der Waals surface area contributed by atoms with E-state index in [-0.39, 0.29) is 5.02 Å². The first-order valence-electron chi connectivity index (χ1n) is 6.08. The molecule has 4 heteroatoms. The number of nitrogens with one attached hydrogen (secondary N) is 1. The molecule has 0 aliphatic heterocycles. The van der Waals surface area contributed by atoms with Crippen LogP contribution in [0.25, 0.3) is 0 Å². The van der Waals surface area contributed by atoms with Crippen LogP contribution in [0.3, 0.4) is 0 Å². The molecule has 0 amide bonds. The molecule has 0 bridgehead atoms. The van der Waals surface area contributed by atoms with Gasteiger partial charge in [-0.2, -0.15) is 0 Å². The molecule has 0 aliphatic rings. The molecule has 0 atom stereocenters. The van der Waals surface area contributed by atoms with Crippen molar-refractivity contribution in [3.8, 4) is 5.75 Å².